The van der Waals surface area contributed by atoms with Crippen LogP contribution >= 0.6 is 11.3 Å². The van der Waals surface area contributed by atoms with Crippen LogP contribution in [-0.2, 0) is 11.2 Å². The minimum atomic E-state index is -0.555. The maximum absolute atomic E-state index is 13.3. The van der Waals surface area contributed by atoms with Crippen LogP contribution in [0.15, 0.2) is 0 Å². The lowest BCUT2D eigenvalue weighted by atomic mass is 9.47. The first-order valence-electron chi connectivity index (χ1n) is 11.1. The van der Waals surface area contributed by atoms with Crippen molar-refractivity contribution in [1.82, 2.24) is 9.88 Å². The number of piperidine rings is 1. The molecule has 3 N–H and O–H groups in total. The van der Waals surface area contributed by atoms with E-state index in [0.717, 1.165) is 49.6 Å². The third-order valence-corrected chi connectivity index (χ3v) is 9.31. The van der Waals surface area contributed by atoms with Crippen LogP contribution in [0.2, 0.25) is 0 Å². The number of carbonyl (C=O) groups is 1. The summed E-state index contributed by atoms with van der Waals surface area (Å²) in [6, 6.07) is 0. The number of aromatic nitrogens is 1. The maximum Gasteiger partial charge on any atom is 0.223 e. The number of amides is 1. The van der Waals surface area contributed by atoms with Gasteiger partial charge in [-0.3, -0.25) is 4.79 Å². The SMILES string of the molecule is CNc1nc2c(s1)CC1C(C)(CO)C(O)CCC1(C)C2CC(=O)N1CCCCC1. The van der Waals surface area contributed by atoms with Gasteiger partial charge in [0.05, 0.1) is 18.4 Å². The van der Waals surface area contributed by atoms with Gasteiger partial charge in [0.25, 0.3) is 0 Å². The average Bonchev–Trinajstić information content (AvgIpc) is 3.16. The smallest absolute Gasteiger partial charge is 0.223 e. The summed E-state index contributed by atoms with van der Waals surface area (Å²) in [5.74, 6) is 0.390. The number of aliphatic hydroxyl groups excluding tert-OH is 2. The van der Waals surface area contributed by atoms with Gasteiger partial charge in [-0.1, -0.05) is 13.8 Å². The van der Waals surface area contributed by atoms with Gasteiger partial charge in [-0.25, -0.2) is 4.98 Å². The molecule has 7 heteroatoms. The molecule has 2 aliphatic carbocycles. The number of carbonyl (C=O) groups excluding carboxylic acids is 1. The molecule has 5 atom stereocenters. The number of anilines is 1. The number of nitrogens with zero attached hydrogens (tertiary/aromatic N) is 2. The van der Waals surface area contributed by atoms with Gasteiger partial charge in [0.2, 0.25) is 5.91 Å². The Kier molecular flexibility index (Phi) is 5.68. The lowest BCUT2D eigenvalue weighted by molar-refractivity contribution is -0.147. The van der Waals surface area contributed by atoms with Crippen LogP contribution in [0.25, 0.3) is 0 Å². The molecular formula is C22H35N3O3S. The average molecular weight is 422 g/mol. The molecule has 1 amide bonds. The van der Waals surface area contributed by atoms with E-state index in [-0.39, 0.29) is 29.8 Å². The highest BCUT2D eigenvalue weighted by Gasteiger charge is 2.59. The van der Waals surface area contributed by atoms with Crippen molar-refractivity contribution in [2.45, 2.75) is 70.8 Å². The third-order valence-electron chi connectivity index (χ3n) is 8.20. The summed E-state index contributed by atoms with van der Waals surface area (Å²) in [6.45, 7) is 5.99. The Labute approximate surface area is 177 Å². The largest absolute Gasteiger partial charge is 0.396 e. The quantitative estimate of drug-likeness (QED) is 0.696. The number of hydrogen-bond donors (Lipinski definition) is 3. The second-order valence-electron chi connectivity index (χ2n) is 9.76. The molecule has 2 fully saturated rings. The van der Waals surface area contributed by atoms with Crippen LogP contribution in [0.4, 0.5) is 5.13 Å². The fourth-order valence-corrected chi connectivity index (χ4v) is 7.22. The van der Waals surface area contributed by atoms with Gasteiger partial charge in [0.15, 0.2) is 5.13 Å². The second-order valence-corrected chi connectivity index (χ2v) is 10.8. The topological polar surface area (TPSA) is 85.7 Å². The minimum Gasteiger partial charge on any atom is -0.396 e. The van der Waals surface area contributed by atoms with E-state index in [0.29, 0.717) is 12.8 Å². The van der Waals surface area contributed by atoms with Gasteiger partial charge in [0, 0.05) is 42.8 Å². The zero-order chi connectivity index (χ0) is 20.8. The Balaban J connectivity index is 1.72. The van der Waals surface area contributed by atoms with Gasteiger partial charge in [-0.15, -0.1) is 11.3 Å². The van der Waals surface area contributed by atoms with Crippen molar-refractivity contribution in [3.63, 3.8) is 0 Å². The Morgan fingerprint density at radius 2 is 2.03 bits per heavy atom. The molecule has 2 heterocycles. The van der Waals surface area contributed by atoms with Crippen LogP contribution in [0.1, 0.15) is 68.9 Å². The van der Waals surface area contributed by atoms with E-state index in [9.17, 15) is 15.0 Å². The molecule has 0 spiro atoms. The predicted molar refractivity (Wildman–Crippen MR) is 115 cm³/mol. The number of hydrogen-bond acceptors (Lipinski definition) is 6. The van der Waals surface area contributed by atoms with Crippen LogP contribution in [0.3, 0.4) is 0 Å². The first-order chi connectivity index (χ1) is 13.8. The molecule has 0 bridgehead atoms. The summed E-state index contributed by atoms with van der Waals surface area (Å²) in [5, 5.41) is 25.1. The Morgan fingerprint density at radius 3 is 2.69 bits per heavy atom. The van der Waals surface area contributed by atoms with Crippen molar-refractivity contribution in [2.24, 2.45) is 16.7 Å². The van der Waals surface area contributed by atoms with Crippen molar-refractivity contribution in [1.29, 1.82) is 0 Å². The molecule has 1 saturated heterocycles. The number of nitrogens with one attached hydrogen (secondary N) is 1. The second kappa shape index (κ2) is 7.82. The summed E-state index contributed by atoms with van der Waals surface area (Å²) in [6.07, 6.45) is 5.70. The molecule has 1 aliphatic heterocycles. The summed E-state index contributed by atoms with van der Waals surface area (Å²) in [4.78, 5) is 21.4. The number of fused-ring (bicyclic) bond motifs is 2. The zero-order valence-corrected chi connectivity index (χ0v) is 18.7. The minimum absolute atomic E-state index is 0.0300. The van der Waals surface area contributed by atoms with Gasteiger partial charge in [-0.05, 0) is 49.9 Å². The molecule has 5 unspecified atom stereocenters. The Morgan fingerprint density at radius 1 is 1.31 bits per heavy atom. The van der Waals surface area contributed by atoms with Gasteiger partial charge < -0.3 is 20.4 Å². The van der Waals surface area contributed by atoms with Crippen molar-refractivity contribution >= 4 is 22.4 Å². The molecule has 1 aromatic rings. The van der Waals surface area contributed by atoms with E-state index in [1.807, 2.05) is 18.9 Å². The first-order valence-corrected chi connectivity index (χ1v) is 11.9. The van der Waals surface area contributed by atoms with E-state index in [4.69, 9.17) is 4.98 Å². The number of thiazole rings is 1. The van der Waals surface area contributed by atoms with Crippen LogP contribution in [-0.4, -0.2) is 58.9 Å². The van der Waals surface area contributed by atoms with E-state index >= 15 is 0 Å². The Bertz CT molecular complexity index is 762. The van der Waals surface area contributed by atoms with E-state index in [1.54, 1.807) is 11.3 Å². The third kappa shape index (κ3) is 3.39. The molecule has 162 valence electrons. The first kappa shape index (κ1) is 21.1. The van der Waals surface area contributed by atoms with Crippen LogP contribution in [0, 0.1) is 16.7 Å². The van der Waals surface area contributed by atoms with Crippen LogP contribution in [0.5, 0.6) is 0 Å². The normalized spacial score (nSPS) is 37.0. The standard InChI is InChI=1S/C22H35N3O3S/c1-21-8-7-17(27)22(2,13-26)16(21)12-15-19(24-20(23-3)29-15)14(21)11-18(28)25-9-5-4-6-10-25/h14,16-17,26-27H,4-13H2,1-3H3,(H,23,24). The van der Waals surface area contributed by atoms with E-state index in [2.05, 4.69) is 12.2 Å². The molecular weight excluding hydrogens is 386 g/mol. The molecule has 1 saturated carbocycles. The fourth-order valence-electron chi connectivity index (χ4n) is 6.20. The zero-order valence-electron chi connectivity index (χ0n) is 17.9. The summed E-state index contributed by atoms with van der Waals surface area (Å²) in [7, 11) is 1.88. The lowest BCUT2D eigenvalue weighted by Crippen LogP contribution is -2.57. The highest BCUT2D eigenvalue weighted by atomic mass is 32.1. The summed E-state index contributed by atoms with van der Waals surface area (Å²) in [5.41, 5.74) is 0.356. The predicted octanol–water partition coefficient (Wildman–Crippen LogP) is 3.00. The number of likely N-dealkylation sites (tertiary alicyclic amines) is 1. The van der Waals surface area contributed by atoms with Crippen molar-refractivity contribution in [2.75, 3.05) is 32.1 Å². The highest BCUT2D eigenvalue weighted by molar-refractivity contribution is 7.15. The van der Waals surface area contributed by atoms with Crippen molar-refractivity contribution < 1.29 is 15.0 Å². The number of aliphatic hydroxyl groups is 2. The summed E-state index contributed by atoms with van der Waals surface area (Å²) >= 11 is 1.66. The van der Waals surface area contributed by atoms with Crippen molar-refractivity contribution in [3.8, 4) is 0 Å². The molecule has 29 heavy (non-hydrogen) atoms. The van der Waals surface area contributed by atoms with Gasteiger partial charge >= 0.3 is 0 Å². The monoisotopic (exact) mass is 421 g/mol. The summed E-state index contributed by atoms with van der Waals surface area (Å²) < 4.78 is 0. The highest BCUT2D eigenvalue weighted by Crippen LogP contribution is 2.62. The fraction of sp³-hybridized carbons (Fsp3) is 0.818. The van der Waals surface area contributed by atoms with Gasteiger partial charge in [-0.2, -0.15) is 0 Å². The molecule has 0 radical (unpaired) electrons. The molecule has 4 rings (SSSR count). The molecule has 0 aromatic carbocycles. The number of rotatable bonds is 4. The van der Waals surface area contributed by atoms with Crippen LogP contribution < -0.4 is 5.32 Å². The maximum atomic E-state index is 13.3. The van der Waals surface area contributed by atoms with Gasteiger partial charge in [0.1, 0.15) is 0 Å². The Hall–Kier alpha value is -1.18. The van der Waals surface area contributed by atoms with E-state index < -0.39 is 11.5 Å². The molecule has 3 aliphatic rings. The van der Waals surface area contributed by atoms with Crippen molar-refractivity contribution in [3.05, 3.63) is 10.6 Å². The lowest BCUT2D eigenvalue weighted by Gasteiger charge is -2.58. The molecule has 1 aromatic heterocycles. The van der Waals surface area contributed by atoms with E-state index in [1.165, 1.54) is 11.3 Å². The molecule has 6 nitrogen and oxygen atoms in total.